The molecule has 15 heavy (non-hydrogen) atoms. The van der Waals surface area contributed by atoms with Crippen LogP contribution in [0.15, 0.2) is 18.6 Å². The van der Waals surface area contributed by atoms with Crippen molar-refractivity contribution in [3.05, 3.63) is 30.1 Å². The van der Waals surface area contributed by atoms with Crippen molar-refractivity contribution in [3.8, 4) is 0 Å². The first-order valence-corrected chi connectivity index (χ1v) is 4.26. The molecule has 2 rings (SSSR count). The first-order valence-electron chi connectivity index (χ1n) is 4.26. The van der Waals surface area contributed by atoms with Gasteiger partial charge in [-0.1, -0.05) is 0 Å². The van der Waals surface area contributed by atoms with Gasteiger partial charge in [0.15, 0.2) is 0 Å². The Morgan fingerprint density at radius 3 is 3.00 bits per heavy atom. The summed E-state index contributed by atoms with van der Waals surface area (Å²) in [6.07, 6.45) is 4.63. The summed E-state index contributed by atoms with van der Waals surface area (Å²) in [5.74, 6) is -1.05. The molecule has 7 nitrogen and oxygen atoms in total. The highest BCUT2D eigenvalue weighted by molar-refractivity contribution is 5.83. The summed E-state index contributed by atoms with van der Waals surface area (Å²) in [6, 6.07) is 0. The van der Waals surface area contributed by atoms with E-state index in [0.29, 0.717) is 12.2 Å². The lowest BCUT2D eigenvalue weighted by atomic mass is 10.4. The van der Waals surface area contributed by atoms with Crippen molar-refractivity contribution >= 4 is 5.97 Å². The largest absolute Gasteiger partial charge is 0.475 e. The Kier molecular flexibility index (Phi) is 2.20. The van der Waals surface area contributed by atoms with Gasteiger partial charge in [-0.15, -0.1) is 0 Å². The number of hydrogen-bond acceptors (Lipinski definition) is 4. The molecule has 7 heteroatoms. The normalized spacial score (nSPS) is 10.5. The molecule has 0 aromatic carbocycles. The van der Waals surface area contributed by atoms with Crippen LogP contribution in [0.2, 0.25) is 0 Å². The second-order valence-electron chi connectivity index (χ2n) is 3.01. The molecule has 0 amide bonds. The van der Waals surface area contributed by atoms with E-state index in [1.807, 2.05) is 0 Å². The van der Waals surface area contributed by atoms with Gasteiger partial charge in [0.05, 0.1) is 12.7 Å². The molecular weight excluding hydrogens is 198 g/mol. The van der Waals surface area contributed by atoms with Crippen LogP contribution in [-0.2, 0) is 13.6 Å². The molecule has 2 heterocycles. The van der Waals surface area contributed by atoms with Crippen LogP contribution in [0, 0.1) is 0 Å². The van der Waals surface area contributed by atoms with Crippen LogP contribution in [0.4, 0.5) is 0 Å². The van der Waals surface area contributed by atoms with Crippen LogP contribution in [0.3, 0.4) is 0 Å². The average molecular weight is 207 g/mol. The van der Waals surface area contributed by atoms with Gasteiger partial charge in [-0.25, -0.2) is 9.78 Å². The van der Waals surface area contributed by atoms with Gasteiger partial charge in [-0.2, -0.15) is 15.0 Å². The lowest BCUT2D eigenvalue weighted by Gasteiger charge is -2.00. The molecule has 0 unspecified atom stereocenters. The highest BCUT2D eigenvalue weighted by Crippen LogP contribution is 2.02. The summed E-state index contributed by atoms with van der Waals surface area (Å²) in [5, 5.41) is 16.8. The molecule has 2 aromatic heterocycles. The van der Waals surface area contributed by atoms with E-state index in [0.717, 1.165) is 0 Å². The lowest BCUT2D eigenvalue weighted by Crippen LogP contribution is -2.10. The molecule has 0 spiro atoms. The number of rotatable bonds is 3. The van der Waals surface area contributed by atoms with Gasteiger partial charge in [0, 0.05) is 19.4 Å². The monoisotopic (exact) mass is 207 g/mol. The summed E-state index contributed by atoms with van der Waals surface area (Å²) >= 11 is 0. The Morgan fingerprint density at radius 2 is 2.40 bits per heavy atom. The Hall–Kier alpha value is -2.18. The minimum atomic E-state index is -1.05. The number of carboxylic acids is 1. The predicted octanol–water partition coefficient (Wildman–Crippen LogP) is -0.242. The number of nitrogens with zero attached hydrogens (tertiary/aromatic N) is 5. The minimum Gasteiger partial charge on any atom is -0.475 e. The van der Waals surface area contributed by atoms with Crippen LogP contribution in [0.1, 0.15) is 16.3 Å². The number of carbonyl (C=O) groups is 1. The smallest absolute Gasteiger partial charge is 0.372 e. The summed E-state index contributed by atoms with van der Waals surface area (Å²) in [7, 11) is 1.70. The number of aromatic nitrogens is 5. The molecule has 78 valence electrons. The van der Waals surface area contributed by atoms with Crippen molar-refractivity contribution in [1.29, 1.82) is 0 Å². The molecule has 1 N–H and O–H groups in total. The zero-order valence-corrected chi connectivity index (χ0v) is 8.03. The summed E-state index contributed by atoms with van der Waals surface area (Å²) in [5.41, 5.74) is 0.693. The Bertz CT molecular complexity index is 487. The van der Waals surface area contributed by atoms with Crippen LogP contribution in [-0.4, -0.2) is 35.6 Å². The molecule has 0 bridgehead atoms. The third kappa shape index (κ3) is 1.85. The maximum Gasteiger partial charge on any atom is 0.372 e. The fourth-order valence-electron chi connectivity index (χ4n) is 1.27. The standard InChI is InChI=1S/C8H9N5O2/c1-12-10-4-6(11-12)5-13-3-2-9-7(13)8(14)15/h2-4H,5H2,1H3,(H,14,15). The van der Waals surface area contributed by atoms with Crippen LogP contribution < -0.4 is 0 Å². The van der Waals surface area contributed by atoms with Gasteiger partial charge in [0.25, 0.3) is 0 Å². The minimum absolute atomic E-state index is 0.000605. The number of aromatic carboxylic acids is 1. The van der Waals surface area contributed by atoms with Crippen LogP contribution >= 0.6 is 0 Å². The summed E-state index contributed by atoms with van der Waals surface area (Å²) in [6.45, 7) is 0.357. The fourth-order valence-corrected chi connectivity index (χ4v) is 1.27. The first-order chi connectivity index (χ1) is 7.16. The third-order valence-corrected chi connectivity index (χ3v) is 1.89. The number of hydrogen-bond donors (Lipinski definition) is 1. The van der Waals surface area contributed by atoms with Crippen molar-refractivity contribution in [2.24, 2.45) is 7.05 Å². The van der Waals surface area contributed by atoms with Gasteiger partial charge in [-0.3, -0.25) is 0 Å². The summed E-state index contributed by atoms with van der Waals surface area (Å²) in [4.78, 5) is 15.9. The molecule has 0 atom stereocenters. The lowest BCUT2D eigenvalue weighted by molar-refractivity contribution is 0.0679. The maximum atomic E-state index is 10.8. The molecule has 0 aliphatic carbocycles. The molecule has 0 saturated carbocycles. The number of aryl methyl sites for hydroxylation is 1. The molecule has 0 saturated heterocycles. The highest BCUT2D eigenvalue weighted by atomic mass is 16.4. The Balaban J connectivity index is 2.24. The van der Waals surface area contributed by atoms with E-state index in [9.17, 15) is 4.79 Å². The molecular formula is C8H9N5O2. The SMILES string of the molecule is Cn1ncc(Cn2ccnc2C(=O)O)n1. The fraction of sp³-hybridized carbons (Fsp3) is 0.250. The first kappa shape index (κ1) is 9.38. The molecule has 2 aromatic rings. The molecule has 0 aliphatic heterocycles. The van der Waals surface area contributed by atoms with Crippen LogP contribution in [0.5, 0.6) is 0 Å². The molecule has 0 fully saturated rings. The quantitative estimate of drug-likeness (QED) is 0.750. The predicted molar refractivity (Wildman–Crippen MR) is 49.3 cm³/mol. The Labute approximate surface area is 85.0 Å². The number of carboxylic acid groups (broad SMARTS) is 1. The zero-order chi connectivity index (χ0) is 10.8. The highest BCUT2D eigenvalue weighted by Gasteiger charge is 2.11. The molecule has 0 aliphatic rings. The van der Waals surface area contributed by atoms with E-state index < -0.39 is 5.97 Å². The van der Waals surface area contributed by atoms with E-state index in [1.165, 1.54) is 15.6 Å². The average Bonchev–Trinajstić information content (AvgIpc) is 2.75. The third-order valence-electron chi connectivity index (χ3n) is 1.89. The van der Waals surface area contributed by atoms with Crippen molar-refractivity contribution in [1.82, 2.24) is 24.5 Å². The Morgan fingerprint density at radius 1 is 1.60 bits per heavy atom. The van der Waals surface area contributed by atoms with E-state index >= 15 is 0 Å². The summed E-state index contributed by atoms with van der Waals surface area (Å²) < 4.78 is 1.51. The van der Waals surface area contributed by atoms with Crippen molar-refractivity contribution in [2.45, 2.75) is 6.54 Å². The van der Waals surface area contributed by atoms with Gasteiger partial charge < -0.3 is 9.67 Å². The van der Waals surface area contributed by atoms with Gasteiger partial charge >= 0.3 is 5.97 Å². The van der Waals surface area contributed by atoms with Crippen molar-refractivity contribution in [3.63, 3.8) is 0 Å². The topological polar surface area (TPSA) is 85.8 Å². The van der Waals surface area contributed by atoms with Gasteiger partial charge in [0.1, 0.15) is 5.69 Å². The van der Waals surface area contributed by atoms with Gasteiger partial charge in [-0.05, 0) is 0 Å². The second kappa shape index (κ2) is 3.52. The van der Waals surface area contributed by atoms with Crippen molar-refractivity contribution in [2.75, 3.05) is 0 Å². The van der Waals surface area contributed by atoms with Gasteiger partial charge in [0.2, 0.25) is 5.82 Å². The van der Waals surface area contributed by atoms with E-state index in [-0.39, 0.29) is 5.82 Å². The molecule has 0 radical (unpaired) electrons. The van der Waals surface area contributed by atoms with E-state index in [4.69, 9.17) is 5.11 Å². The zero-order valence-electron chi connectivity index (χ0n) is 8.03. The number of imidazole rings is 1. The van der Waals surface area contributed by atoms with E-state index in [2.05, 4.69) is 15.2 Å². The second-order valence-corrected chi connectivity index (χ2v) is 3.01. The van der Waals surface area contributed by atoms with E-state index in [1.54, 1.807) is 19.4 Å². The van der Waals surface area contributed by atoms with Crippen molar-refractivity contribution < 1.29 is 9.90 Å². The maximum absolute atomic E-state index is 10.8. The van der Waals surface area contributed by atoms with Crippen LogP contribution in [0.25, 0.3) is 0 Å².